The summed E-state index contributed by atoms with van der Waals surface area (Å²) in [5.74, 6) is -1.76. The maximum Gasteiger partial charge on any atom is 0.279 e. The lowest BCUT2D eigenvalue weighted by Crippen LogP contribution is -2.32. The molecule has 0 aliphatic heterocycles. The molecule has 2 N–H and O–H groups in total. The van der Waals surface area contributed by atoms with Crippen LogP contribution in [0.15, 0.2) is 93.3 Å². The fourth-order valence-electron chi connectivity index (χ4n) is 3.93. The summed E-state index contributed by atoms with van der Waals surface area (Å²) in [7, 11) is 0. The summed E-state index contributed by atoms with van der Waals surface area (Å²) in [5, 5.41) is 12.8. The van der Waals surface area contributed by atoms with E-state index in [-0.39, 0.29) is 38.6 Å². The number of nitro benzene ring substituents is 1. The number of benzene rings is 3. The molecule has 1 aliphatic carbocycles. The second-order valence-corrected chi connectivity index (χ2v) is 9.69. The van der Waals surface area contributed by atoms with Crippen molar-refractivity contribution in [3.05, 3.63) is 120 Å². The number of nitrogens with two attached hydrogens (primary N) is 1. The van der Waals surface area contributed by atoms with Gasteiger partial charge in [0.2, 0.25) is 11.6 Å². The lowest BCUT2D eigenvalue weighted by molar-refractivity contribution is -0.384. The maximum absolute atomic E-state index is 13.6. The van der Waals surface area contributed by atoms with Crippen molar-refractivity contribution in [3.8, 4) is 11.3 Å². The first-order chi connectivity index (χ1) is 17.8. The van der Waals surface area contributed by atoms with Gasteiger partial charge < -0.3 is 5.73 Å². The molecule has 37 heavy (non-hydrogen) atoms. The fourth-order valence-corrected chi connectivity index (χ4v) is 5.09. The molecule has 11 heteroatoms. The van der Waals surface area contributed by atoms with Gasteiger partial charge in [0.1, 0.15) is 11.4 Å². The Labute approximate surface area is 221 Å². The van der Waals surface area contributed by atoms with Crippen molar-refractivity contribution in [1.82, 2.24) is 4.57 Å². The second-order valence-electron chi connectivity index (χ2n) is 7.94. The van der Waals surface area contributed by atoms with E-state index in [9.17, 15) is 24.5 Å². The molecule has 182 valence electrons. The first kappa shape index (κ1) is 24.2. The number of amides is 1. The third-order valence-corrected chi connectivity index (χ3v) is 7.06. The summed E-state index contributed by atoms with van der Waals surface area (Å²) in [5.41, 5.74) is 7.14. The number of nitrogens with zero attached hydrogens (tertiary/aromatic N) is 3. The van der Waals surface area contributed by atoms with E-state index in [1.807, 2.05) is 12.1 Å². The minimum absolute atomic E-state index is 0.00214. The number of hydrogen-bond acceptors (Lipinski definition) is 7. The highest BCUT2D eigenvalue weighted by Gasteiger charge is 2.33. The van der Waals surface area contributed by atoms with Crippen molar-refractivity contribution in [1.29, 1.82) is 0 Å². The Morgan fingerprint density at radius 1 is 0.973 bits per heavy atom. The molecule has 0 unspecified atom stereocenters. The van der Waals surface area contributed by atoms with Crippen LogP contribution in [-0.2, 0) is 0 Å². The second kappa shape index (κ2) is 9.52. The number of ketones is 2. The number of carbonyl (C=O) groups excluding carboxylic acids is 3. The SMILES string of the molecule is NC1=C(n2c(-c3ccc(Br)cc3)csc2=NC(=O)c2cccc([N+](=O)[O-])c2)C(=O)c2ccccc2C1=O. The van der Waals surface area contributed by atoms with Gasteiger partial charge in [-0.2, -0.15) is 4.99 Å². The lowest BCUT2D eigenvalue weighted by Gasteiger charge is -2.20. The van der Waals surface area contributed by atoms with E-state index >= 15 is 0 Å². The molecule has 5 rings (SSSR count). The van der Waals surface area contributed by atoms with Crippen LogP contribution in [0.25, 0.3) is 17.0 Å². The smallest absolute Gasteiger partial charge is 0.279 e. The number of fused-ring (bicyclic) bond motifs is 1. The summed E-state index contributed by atoms with van der Waals surface area (Å²) >= 11 is 4.46. The van der Waals surface area contributed by atoms with Crippen molar-refractivity contribution in [2.24, 2.45) is 10.7 Å². The minimum Gasteiger partial charge on any atom is -0.394 e. The number of carbonyl (C=O) groups is 3. The Bertz CT molecular complexity index is 1730. The Morgan fingerprint density at radius 3 is 2.32 bits per heavy atom. The average Bonchev–Trinajstić information content (AvgIpc) is 3.30. The van der Waals surface area contributed by atoms with Crippen LogP contribution in [0, 0.1) is 10.1 Å². The highest BCUT2D eigenvalue weighted by Crippen LogP contribution is 2.31. The summed E-state index contributed by atoms with van der Waals surface area (Å²) < 4.78 is 2.23. The summed E-state index contributed by atoms with van der Waals surface area (Å²) in [4.78, 5) is 54.6. The van der Waals surface area contributed by atoms with Gasteiger partial charge in [-0.15, -0.1) is 11.3 Å². The van der Waals surface area contributed by atoms with Crippen molar-refractivity contribution in [2.75, 3.05) is 0 Å². The van der Waals surface area contributed by atoms with E-state index in [4.69, 9.17) is 5.73 Å². The number of non-ortho nitro benzene ring substituents is 1. The molecule has 9 nitrogen and oxygen atoms in total. The third-order valence-electron chi connectivity index (χ3n) is 5.70. The van der Waals surface area contributed by atoms with Crippen LogP contribution < -0.4 is 10.5 Å². The van der Waals surface area contributed by atoms with Crippen LogP contribution in [0.2, 0.25) is 0 Å². The first-order valence-corrected chi connectivity index (χ1v) is 12.4. The van der Waals surface area contributed by atoms with E-state index in [1.54, 1.807) is 35.7 Å². The third kappa shape index (κ3) is 4.34. The molecule has 0 spiro atoms. The van der Waals surface area contributed by atoms with Gasteiger partial charge in [-0.1, -0.05) is 58.4 Å². The van der Waals surface area contributed by atoms with E-state index in [2.05, 4.69) is 20.9 Å². The summed E-state index contributed by atoms with van der Waals surface area (Å²) in [6, 6.07) is 18.8. The molecule has 0 fully saturated rings. The first-order valence-electron chi connectivity index (χ1n) is 10.7. The number of thiazole rings is 1. The molecule has 1 aliphatic rings. The number of Topliss-reactive ketones (excluding diaryl/α,β-unsaturated/α-hetero) is 2. The van der Waals surface area contributed by atoms with Gasteiger partial charge in [0, 0.05) is 38.7 Å². The van der Waals surface area contributed by atoms with Gasteiger partial charge in [-0.05, 0) is 23.8 Å². The van der Waals surface area contributed by atoms with Crippen molar-refractivity contribution in [3.63, 3.8) is 0 Å². The molecule has 1 amide bonds. The number of hydrogen-bond donors (Lipinski definition) is 1. The monoisotopic (exact) mass is 574 g/mol. The fraction of sp³-hybridized carbons (Fsp3) is 0. The number of rotatable bonds is 4. The minimum atomic E-state index is -0.754. The number of halogens is 1. The quantitative estimate of drug-likeness (QED) is 0.273. The van der Waals surface area contributed by atoms with Gasteiger partial charge in [-0.3, -0.25) is 29.1 Å². The molecule has 3 aromatic carbocycles. The Hall–Kier alpha value is -4.48. The molecular weight excluding hydrogens is 560 g/mol. The normalized spacial score (nSPS) is 13.6. The standard InChI is InChI=1S/C26H15BrN4O5S/c27-16-10-8-14(9-11-16)20-13-37-26(29-25(34)15-4-3-5-17(12-15)31(35)36)30(20)22-21(28)23(32)18-6-1-2-7-19(18)24(22)33/h1-13H,28H2. The van der Waals surface area contributed by atoms with Crippen molar-refractivity contribution >= 4 is 56.1 Å². The van der Waals surface area contributed by atoms with E-state index in [1.165, 1.54) is 28.8 Å². The van der Waals surface area contributed by atoms with Crippen LogP contribution >= 0.6 is 27.3 Å². The number of aromatic nitrogens is 1. The van der Waals surface area contributed by atoms with Gasteiger partial charge >= 0.3 is 0 Å². The largest absolute Gasteiger partial charge is 0.394 e. The maximum atomic E-state index is 13.6. The lowest BCUT2D eigenvalue weighted by atomic mass is 9.90. The van der Waals surface area contributed by atoms with Crippen LogP contribution in [0.5, 0.6) is 0 Å². The summed E-state index contributed by atoms with van der Waals surface area (Å²) in [6.45, 7) is 0. The zero-order valence-corrected chi connectivity index (χ0v) is 21.2. The molecule has 1 aromatic heterocycles. The molecular formula is C26H15BrN4O5S. The van der Waals surface area contributed by atoms with E-state index < -0.39 is 22.4 Å². The molecule has 0 bridgehead atoms. The molecule has 1 heterocycles. The van der Waals surface area contributed by atoms with Crippen molar-refractivity contribution < 1.29 is 19.3 Å². The van der Waals surface area contributed by atoms with Crippen LogP contribution in [0.3, 0.4) is 0 Å². The van der Waals surface area contributed by atoms with Crippen LogP contribution in [0.4, 0.5) is 5.69 Å². The van der Waals surface area contributed by atoms with Crippen LogP contribution in [-0.4, -0.2) is 27.0 Å². The van der Waals surface area contributed by atoms with Crippen molar-refractivity contribution in [2.45, 2.75) is 0 Å². The Balaban J connectivity index is 1.75. The van der Waals surface area contributed by atoms with E-state index in [0.717, 1.165) is 21.9 Å². The van der Waals surface area contributed by atoms with Gasteiger partial charge in [0.15, 0.2) is 4.80 Å². The molecule has 0 saturated carbocycles. The number of nitro groups is 1. The van der Waals surface area contributed by atoms with E-state index in [0.29, 0.717) is 11.3 Å². The number of allylic oxidation sites excluding steroid dienone is 2. The topological polar surface area (TPSA) is 138 Å². The Kier molecular flexibility index (Phi) is 6.24. The average molecular weight is 575 g/mol. The molecule has 0 radical (unpaired) electrons. The highest BCUT2D eigenvalue weighted by atomic mass is 79.9. The molecule has 4 aromatic rings. The van der Waals surface area contributed by atoms with Gasteiger partial charge in [0.25, 0.3) is 11.6 Å². The zero-order chi connectivity index (χ0) is 26.3. The zero-order valence-electron chi connectivity index (χ0n) is 18.8. The molecule has 0 saturated heterocycles. The van der Waals surface area contributed by atoms with Gasteiger partial charge in [-0.25, -0.2) is 0 Å². The van der Waals surface area contributed by atoms with Gasteiger partial charge in [0.05, 0.1) is 10.6 Å². The Morgan fingerprint density at radius 2 is 1.65 bits per heavy atom. The molecule has 0 atom stereocenters. The predicted molar refractivity (Wildman–Crippen MR) is 141 cm³/mol. The highest BCUT2D eigenvalue weighted by molar-refractivity contribution is 9.10. The predicted octanol–water partition coefficient (Wildman–Crippen LogP) is 4.83. The summed E-state index contributed by atoms with van der Waals surface area (Å²) in [6.07, 6.45) is 0. The van der Waals surface area contributed by atoms with Crippen LogP contribution in [0.1, 0.15) is 31.1 Å².